The van der Waals surface area contributed by atoms with Gasteiger partial charge in [0.25, 0.3) is 0 Å². The van der Waals surface area contributed by atoms with E-state index in [9.17, 15) is 13.2 Å². The Labute approximate surface area is 184 Å². The van der Waals surface area contributed by atoms with Gasteiger partial charge in [-0.15, -0.1) is 11.3 Å². The summed E-state index contributed by atoms with van der Waals surface area (Å²) in [5.74, 6) is -0.210. The zero-order valence-electron chi connectivity index (χ0n) is 16.3. The van der Waals surface area contributed by atoms with Crippen molar-refractivity contribution in [3.8, 4) is 0 Å². The Kier molecular flexibility index (Phi) is 5.92. The monoisotopic (exact) mass is 461 g/mol. The predicted molar refractivity (Wildman–Crippen MR) is 118 cm³/mol. The van der Waals surface area contributed by atoms with Crippen LogP contribution >= 0.6 is 22.9 Å². The van der Waals surface area contributed by atoms with Gasteiger partial charge in [0.15, 0.2) is 5.13 Å². The Balaban J connectivity index is 1.46. The first-order valence-corrected chi connectivity index (χ1v) is 12.0. The predicted octanol–water partition coefficient (Wildman–Crippen LogP) is 4.03. The van der Waals surface area contributed by atoms with Crippen LogP contribution in [0.15, 0.2) is 53.4 Å². The van der Waals surface area contributed by atoms with E-state index in [0.717, 1.165) is 21.7 Å². The van der Waals surface area contributed by atoms with Crippen LogP contribution in [-0.2, 0) is 34.2 Å². The van der Waals surface area contributed by atoms with Crippen LogP contribution in [-0.4, -0.2) is 30.2 Å². The average molecular weight is 462 g/mol. The maximum atomic E-state index is 13.0. The summed E-state index contributed by atoms with van der Waals surface area (Å²) < 4.78 is 27.4. The molecule has 30 heavy (non-hydrogen) atoms. The van der Waals surface area contributed by atoms with Crippen LogP contribution in [0, 0.1) is 6.92 Å². The van der Waals surface area contributed by atoms with E-state index in [1.807, 2.05) is 25.1 Å². The van der Waals surface area contributed by atoms with Crippen LogP contribution in [0.2, 0.25) is 5.02 Å². The molecule has 1 amide bonds. The Hall–Kier alpha value is -2.26. The van der Waals surface area contributed by atoms with Crippen LogP contribution in [0.25, 0.3) is 0 Å². The number of aryl methyl sites for hydroxylation is 1. The molecule has 3 aromatic rings. The van der Waals surface area contributed by atoms with Crippen molar-refractivity contribution in [2.75, 3.05) is 11.9 Å². The topological polar surface area (TPSA) is 79.4 Å². The second-order valence-corrected chi connectivity index (χ2v) is 10.5. The highest BCUT2D eigenvalue weighted by atomic mass is 35.5. The molecule has 0 radical (unpaired) electrons. The number of aromatic nitrogens is 1. The van der Waals surface area contributed by atoms with Gasteiger partial charge in [0.2, 0.25) is 15.9 Å². The molecule has 0 atom stereocenters. The lowest BCUT2D eigenvalue weighted by molar-refractivity contribution is -0.115. The zero-order valence-corrected chi connectivity index (χ0v) is 18.6. The number of benzene rings is 2. The molecule has 0 bridgehead atoms. The highest BCUT2D eigenvalue weighted by Gasteiger charge is 2.30. The summed E-state index contributed by atoms with van der Waals surface area (Å²) in [5.41, 5.74) is 2.59. The van der Waals surface area contributed by atoms with Gasteiger partial charge in [-0.1, -0.05) is 47.5 Å². The van der Waals surface area contributed by atoms with Gasteiger partial charge in [-0.2, -0.15) is 4.31 Å². The summed E-state index contributed by atoms with van der Waals surface area (Å²) in [6, 6.07) is 14.1. The third-order valence-corrected chi connectivity index (χ3v) is 8.14. The number of carbonyl (C=O) groups is 1. The summed E-state index contributed by atoms with van der Waals surface area (Å²) in [7, 11) is -3.57. The Morgan fingerprint density at radius 3 is 2.67 bits per heavy atom. The molecule has 0 unspecified atom stereocenters. The van der Waals surface area contributed by atoms with E-state index in [4.69, 9.17) is 11.6 Å². The van der Waals surface area contributed by atoms with Crippen molar-refractivity contribution in [2.45, 2.75) is 31.2 Å². The van der Waals surface area contributed by atoms with E-state index in [1.165, 1.54) is 15.6 Å². The Morgan fingerprint density at radius 2 is 1.93 bits per heavy atom. The first kappa shape index (κ1) is 21.0. The molecule has 0 aliphatic carbocycles. The molecular formula is C21H20ClN3O3S2. The molecule has 156 valence electrons. The maximum Gasteiger partial charge on any atom is 0.243 e. The highest BCUT2D eigenvalue weighted by molar-refractivity contribution is 7.89. The molecule has 1 aromatic heterocycles. The van der Waals surface area contributed by atoms with Crippen molar-refractivity contribution >= 4 is 44.0 Å². The first-order valence-electron chi connectivity index (χ1n) is 9.41. The van der Waals surface area contributed by atoms with Gasteiger partial charge in [0.1, 0.15) is 0 Å². The number of carbonyl (C=O) groups excluding carboxylic acids is 1. The average Bonchev–Trinajstić information content (AvgIpc) is 3.11. The van der Waals surface area contributed by atoms with E-state index >= 15 is 0 Å². The van der Waals surface area contributed by atoms with Gasteiger partial charge in [0.05, 0.1) is 23.6 Å². The number of thiazole rings is 1. The first-order chi connectivity index (χ1) is 14.3. The molecule has 0 spiro atoms. The lowest BCUT2D eigenvalue weighted by Gasteiger charge is -2.25. The molecule has 2 heterocycles. The summed E-state index contributed by atoms with van der Waals surface area (Å²) in [6.07, 6.45) is 0.662. The molecule has 1 aliphatic heterocycles. The second-order valence-electron chi connectivity index (χ2n) is 7.11. The number of fused-ring (bicyclic) bond motifs is 1. The van der Waals surface area contributed by atoms with Crippen molar-refractivity contribution < 1.29 is 13.2 Å². The minimum Gasteiger partial charge on any atom is -0.302 e. The molecule has 0 saturated heterocycles. The van der Waals surface area contributed by atoms with Crippen molar-refractivity contribution in [3.05, 3.63) is 75.3 Å². The number of rotatable bonds is 5. The molecular weight excluding hydrogens is 442 g/mol. The quantitative estimate of drug-likeness (QED) is 0.622. The van der Waals surface area contributed by atoms with Crippen LogP contribution in [0.1, 0.15) is 21.7 Å². The fraction of sp³-hybridized carbons (Fsp3) is 0.238. The Bertz CT molecular complexity index is 1190. The molecule has 1 N–H and O–H groups in total. The van der Waals surface area contributed by atoms with Crippen LogP contribution in [0.4, 0.5) is 5.13 Å². The summed E-state index contributed by atoms with van der Waals surface area (Å²) in [5, 5.41) is 3.83. The number of amides is 1. The van der Waals surface area contributed by atoms with E-state index in [2.05, 4.69) is 10.3 Å². The van der Waals surface area contributed by atoms with Crippen molar-refractivity contribution in [1.82, 2.24) is 9.29 Å². The van der Waals surface area contributed by atoms with Gasteiger partial charge >= 0.3 is 0 Å². The SMILES string of the molecule is Cc1ccc(S(=O)(=O)N2CCc3nc(NC(=O)Cc4ccccc4Cl)sc3C2)cc1. The minimum atomic E-state index is -3.57. The molecule has 6 nitrogen and oxygen atoms in total. The maximum absolute atomic E-state index is 13.0. The normalized spacial score (nSPS) is 14.3. The van der Waals surface area contributed by atoms with Crippen LogP contribution in [0.3, 0.4) is 0 Å². The smallest absolute Gasteiger partial charge is 0.243 e. The van der Waals surface area contributed by atoms with Crippen molar-refractivity contribution in [3.63, 3.8) is 0 Å². The highest BCUT2D eigenvalue weighted by Crippen LogP contribution is 2.31. The molecule has 4 rings (SSSR count). The summed E-state index contributed by atoms with van der Waals surface area (Å²) in [4.78, 5) is 18.0. The number of hydrogen-bond acceptors (Lipinski definition) is 5. The molecule has 1 aliphatic rings. The lowest BCUT2D eigenvalue weighted by atomic mass is 10.1. The number of halogens is 1. The van der Waals surface area contributed by atoms with Crippen molar-refractivity contribution in [1.29, 1.82) is 0 Å². The van der Waals surface area contributed by atoms with Gasteiger partial charge in [-0.25, -0.2) is 13.4 Å². The fourth-order valence-electron chi connectivity index (χ4n) is 3.27. The van der Waals surface area contributed by atoms with Crippen LogP contribution < -0.4 is 5.32 Å². The molecule has 0 fully saturated rings. The molecule has 2 aromatic carbocycles. The van der Waals surface area contributed by atoms with E-state index in [-0.39, 0.29) is 23.8 Å². The summed E-state index contributed by atoms with van der Waals surface area (Å²) >= 11 is 7.43. The number of nitrogens with one attached hydrogen (secondary N) is 1. The van der Waals surface area contributed by atoms with Crippen LogP contribution in [0.5, 0.6) is 0 Å². The van der Waals surface area contributed by atoms with E-state index in [1.54, 1.807) is 30.3 Å². The number of sulfonamides is 1. The number of hydrogen-bond donors (Lipinski definition) is 1. The molecule has 9 heteroatoms. The largest absolute Gasteiger partial charge is 0.302 e. The fourth-order valence-corrected chi connectivity index (χ4v) is 6.00. The van der Waals surface area contributed by atoms with E-state index < -0.39 is 10.0 Å². The minimum absolute atomic E-state index is 0.151. The standard InChI is InChI=1S/C21H20ClN3O3S2/c1-14-6-8-16(9-7-14)30(27,28)25-11-10-18-19(13-25)29-21(23-18)24-20(26)12-15-4-2-3-5-17(15)22/h2-9H,10-13H2,1H3,(H,23,24,26). The third-order valence-electron chi connectivity index (χ3n) is 4.91. The summed E-state index contributed by atoms with van der Waals surface area (Å²) in [6.45, 7) is 2.53. The lowest BCUT2D eigenvalue weighted by Crippen LogP contribution is -2.35. The second kappa shape index (κ2) is 8.47. The Morgan fingerprint density at radius 1 is 1.20 bits per heavy atom. The van der Waals surface area contributed by atoms with Gasteiger partial charge < -0.3 is 5.32 Å². The zero-order chi connectivity index (χ0) is 21.3. The third kappa shape index (κ3) is 4.41. The van der Waals surface area contributed by atoms with Crippen molar-refractivity contribution in [2.24, 2.45) is 0 Å². The number of nitrogens with zero attached hydrogens (tertiary/aromatic N) is 2. The van der Waals surface area contributed by atoms with Gasteiger partial charge in [-0.05, 0) is 30.7 Å². The van der Waals surface area contributed by atoms with Gasteiger partial charge in [-0.3, -0.25) is 4.79 Å². The van der Waals surface area contributed by atoms with E-state index in [0.29, 0.717) is 23.1 Å². The van der Waals surface area contributed by atoms with Gasteiger partial charge in [0, 0.05) is 22.9 Å². The number of anilines is 1. The molecule has 0 saturated carbocycles.